The predicted octanol–water partition coefficient (Wildman–Crippen LogP) is 4.18. The van der Waals surface area contributed by atoms with Crippen molar-refractivity contribution in [2.24, 2.45) is 0 Å². The highest BCUT2D eigenvalue weighted by atomic mass is 35.5. The third-order valence-corrected chi connectivity index (χ3v) is 5.10. The van der Waals surface area contributed by atoms with Crippen molar-refractivity contribution in [1.29, 1.82) is 0 Å². The summed E-state index contributed by atoms with van der Waals surface area (Å²) in [5, 5.41) is 0.612. The molecule has 0 amide bonds. The summed E-state index contributed by atoms with van der Waals surface area (Å²) in [5.41, 5.74) is 0. The van der Waals surface area contributed by atoms with Crippen LogP contribution in [0, 0.1) is 0 Å². The van der Waals surface area contributed by atoms with Crippen LogP contribution in [0.15, 0.2) is 23.1 Å². The maximum absolute atomic E-state index is 11.9. The van der Waals surface area contributed by atoms with Gasteiger partial charge >= 0.3 is 0 Å². The summed E-state index contributed by atoms with van der Waals surface area (Å²) >= 11 is 17.0. The van der Waals surface area contributed by atoms with Crippen molar-refractivity contribution in [3.63, 3.8) is 0 Å². The molecule has 0 radical (unpaired) electrons. The zero-order valence-electron chi connectivity index (χ0n) is 9.13. The molecule has 0 unspecified atom stereocenters. The van der Waals surface area contributed by atoms with Gasteiger partial charge in [-0.05, 0) is 31.0 Å². The highest BCUT2D eigenvalue weighted by Gasteiger charge is 2.15. The largest absolute Gasteiger partial charge is 0.224 e. The maximum Gasteiger partial charge on any atom is 0.178 e. The Labute approximate surface area is 117 Å². The minimum Gasteiger partial charge on any atom is -0.224 e. The Bertz CT molecular complexity index is 472. The van der Waals surface area contributed by atoms with Gasteiger partial charge in [-0.1, -0.05) is 29.6 Å². The number of benzene rings is 1. The van der Waals surface area contributed by atoms with Crippen LogP contribution in [0.4, 0.5) is 0 Å². The van der Waals surface area contributed by atoms with Crippen molar-refractivity contribution in [1.82, 2.24) is 0 Å². The first-order valence-electron chi connectivity index (χ1n) is 5.21. The summed E-state index contributed by atoms with van der Waals surface area (Å²) in [7, 11) is -3.27. The quantitative estimate of drug-likeness (QED) is 0.583. The summed E-state index contributed by atoms with van der Waals surface area (Å²) in [6, 6.07) is 4.36. The van der Waals surface area contributed by atoms with Gasteiger partial charge in [0.15, 0.2) is 9.84 Å². The molecule has 0 heterocycles. The Kier molecular flexibility index (Phi) is 6.07. The molecule has 96 valence electrons. The normalized spacial score (nSPS) is 11.7. The van der Waals surface area contributed by atoms with Gasteiger partial charge in [0.1, 0.15) is 0 Å². The first kappa shape index (κ1) is 15.1. The number of rotatable bonds is 6. The molecule has 2 nitrogen and oxygen atoms in total. The maximum atomic E-state index is 11.9. The van der Waals surface area contributed by atoms with E-state index in [0.717, 1.165) is 12.8 Å². The third-order valence-electron chi connectivity index (χ3n) is 2.30. The van der Waals surface area contributed by atoms with Gasteiger partial charge in [-0.3, -0.25) is 0 Å². The van der Waals surface area contributed by atoms with E-state index in [2.05, 4.69) is 0 Å². The van der Waals surface area contributed by atoms with E-state index < -0.39 is 9.84 Å². The summed E-state index contributed by atoms with van der Waals surface area (Å²) in [5.74, 6) is 0.675. The van der Waals surface area contributed by atoms with E-state index in [1.807, 2.05) is 0 Å². The first-order chi connectivity index (χ1) is 7.97. The number of hydrogen-bond acceptors (Lipinski definition) is 2. The molecule has 0 fully saturated rings. The first-order valence-corrected chi connectivity index (χ1v) is 8.15. The zero-order valence-corrected chi connectivity index (χ0v) is 12.2. The van der Waals surface area contributed by atoms with Crippen LogP contribution >= 0.6 is 34.8 Å². The standard InChI is InChI=1S/C11H13Cl3O2S/c12-6-2-1-3-7-17(15,16)9-4-5-10(13)11(14)8-9/h4-5,8H,1-3,6-7H2. The Hall–Kier alpha value is 0.0400. The molecule has 0 aliphatic heterocycles. The fourth-order valence-corrected chi connectivity index (χ4v) is 3.30. The second kappa shape index (κ2) is 6.83. The number of halogens is 3. The van der Waals surface area contributed by atoms with Gasteiger partial charge in [0.2, 0.25) is 0 Å². The highest BCUT2D eigenvalue weighted by molar-refractivity contribution is 7.91. The molecule has 0 N–H and O–H groups in total. The highest BCUT2D eigenvalue weighted by Crippen LogP contribution is 2.25. The van der Waals surface area contributed by atoms with E-state index in [1.54, 1.807) is 0 Å². The minimum atomic E-state index is -3.27. The molecule has 17 heavy (non-hydrogen) atoms. The third kappa shape index (κ3) is 4.66. The van der Waals surface area contributed by atoms with Crippen molar-refractivity contribution in [3.8, 4) is 0 Å². The van der Waals surface area contributed by atoms with Crippen LogP contribution in [0.2, 0.25) is 10.0 Å². The Morgan fingerprint density at radius 1 is 1.00 bits per heavy atom. The van der Waals surface area contributed by atoms with E-state index >= 15 is 0 Å². The molecule has 0 aliphatic carbocycles. The molecule has 0 saturated carbocycles. The lowest BCUT2D eigenvalue weighted by Gasteiger charge is -2.05. The van der Waals surface area contributed by atoms with Gasteiger partial charge in [-0.15, -0.1) is 11.6 Å². The van der Waals surface area contributed by atoms with Crippen LogP contribution in [0.5, 0.6) is 0 Å². The Morgan fingerprint density at radius 2 is 1.71 bits per heavy atom. The molecule has 0 saturated heterocycles. The lowest BCUT2D eigenvalue weighted by molar-refractivity contribution is 0.591. The summed E-state index contributed by atoms with van der Waals surface area (Å²) in [4.78, 5) is 0.220. The van der Waals surface area contributed by atoms with Crippen LogP contribution in [0.1, 0.15) is 19.3 Å². The Morgan fingerprint density at radius 3 is 2.29 bits per heavy atom. The average Bonchev–Trinajstić information content (AvgIpc) is 2.28. The van der Waals surface area contributed by atoms with Gasteiger partial charge < -0.3 is 0 Å². The molecule has 0 aliphatic rings. The van der Waals surface area contributed by atoms with E-state index in [9.17, 15) is 8.42 Å². The smallest absolute Gasteiger partial charge is 0.178 e. The van der Waals surface area contributed by atoms with Crippen LogP contribution in [0.3, 0.4) is 0 Å². The molecule has 0 bridgehead atoms. The van der Waals surface area contributed by atoms with E-state index in [0.29, 0.717) is 17.3 Å². The Balaban J connectivity index is 2.72. The molecular weight excluding hydrogens is 303 g/mol. The van der Waals surface area contributed by atoms with Crippen molar-refractivity contribution >= 4 is 44.6 Å². The van der Waals surface area contributed by atoms with Gasteiger partial charge in [-0.25, -0.2) is 8.42 Å². The van der Waals surface area contributed by atoms with Gasteiger partial charge in [0.25, 0.3) is 0 Å². The van der Waals surface area contributed by atoms with Crippen molar-refractivity contribution in [2.45, 2.75) is 24.2 Å². The molecule has 0 atom stereocenters. The van der Waals surface area contributed by atoms with E-state index in [4.69, 9.17) is 34.8 Å². The average molecular weight is 316 g/mol. The molecular formula is C11H13Cl3O2S. The van der Waals surface area contributed by atoms with Crippen LogP contribution in [-0.2, 0) is 9.84 Å². The van der Waals surface area contributed by atoms with Crippen molar-refractivity contribution in [3.05, 3.63) is 28.2 Å². The lowest BCUT2D eigenvalue weighted by Crippen LogP contribution is -2.06. The van der Waals surface area contributed by atoms with Gasteiger partial charge in [0.05, 0.1) is 20.7 Å². The second-order valence-corrected chi connectivity index (χ2v) is 6.95. The van der Waals surface area contributed by atoms with Gasteiger partial charge in [-0.2, -0.15) is 0 Å². The van der Waals surface area contributed by atoms with E-state index in [1.165, 1.54) is 18.2 Å². The second-order valence-electron chi connectivity index (χ2n) is 3.64. The molecule has 1 rings (SSSR count). The van der Waals surface area contributed by atoms with E-state index in [-0.39, 0.29) is 15.7 Å². The number of unbranched alkanes of at least 4 members (excludes halogenated alkanes) is 2. The van der Waals surface area contributed by atoms with Crippen LogP contribution in [-0.4, -0.2) is 20.1 Å². The molecule has 1 aromatic rings. The minimum absolute atomic E-state index is 0.113. The van der Waals surface area contributed by atoms with Crippen molar-refractivity contribution < 1.29 is 8.42 Å². The fraction of sp³-hybridized carbons (Fsp3) is 0.455. The monoisotopic (exact) mass is 314 g/mol. The topological polar surface area (TPSA) is 34.1 Å². The summed E-state index contributed by atoms with van der Waals surface area (Å²) in [6.07, 6.45) is 2.25. The number of sulfone groups is 1. The summed E-state index contributed by atoms with van der Waals surface area (Å²) in [6.45, 7) is 0. The van der Waals surface area contributed by atoms with Crippen molar-refractivity contribution in [2.75, 3.05) is 11.6 Å². The number of hydrogen-bond donors (Lipinski definition) is 0. The SMILES string of the molecule is O=S(=O)(CCCCCCl)c1ccc(Cl)c(Cl)c1. The number of alkyl halides is 1. The summed E-state index contributed by atoms with van der Waals surface area (Å²) < 4.78 is 23.8. The fourth-order valence-electron chi connectivity index (χ4n) is 1.35. The van der Waals surface area contributed by atoms with Crippen LogP contribution in [0.25, 0.3) is 0 Å². The zero-order chi connectivity index (χ0) is 12.9. The predicted molar refractivity (Wildman–Crippen MR) is 73.1 cm³/mol. The lowest BCUT2D eigenvalue weighted by atomic mass is 10.3. The molecule has 0 spiro atoms. The van der Waals surface area contributed by atoms with Crippen LogP contribution < -0.4 is 0 Å². The molecule has 6 heteroatoms. The molecule has 1 aromatic carbocycles. The molecule has 0 aromatic heterocycles. The van der Waals surface area contributed by atoms with Gasteiger partial charge in [0, 0.05) is 5.88 Å².